The highest BCUT2D eigenvalue weighted by Gasteiger charge is 2.36. The number of pyridine rings is 2. The Morgan fingerprint density at radius 2 is 1.75 bits per heavy atom. The smallest absolute Gasteiger partial charge is 0.165 e. The molecule has 0 radical (unpaired) electrons. The van der Waals surface area contributed by atoms with E-state index in [0.29, 0.717) is 5.82 Å². The van der Waals surface area contributed by atoms with Gasteiger partial charge in [-0.1, -0.05) is 42.5 Å². The van der Waals surface area contributed by atoms with Crippen LogP contribution >= 0.6 is 0 Å². The van der Waals surface area contributed by atoms with Gasteiger partial charge in [-0.3, -0.25) is 14.4 Å². The lowest BCUT2D eigenvalue weighted by Gasteiger charge is -2.32. The Bertz CT molecular complexity index is 1530. The molecular weight excluding hydrogens is 446 g/mol. The van der Waals surface area contributed by atoms with E-state index in [1.807, 2.05) is 42.5 Å². The van der Waals surface area contributed by atoms with Crippen LogP contribution in [0.15, 0.2) is 85.1 Å². The first kappa shape index (κ1) is 21.2. The van der Waals surface area contributed by atoms with Gasteiger partial charge in [0.1, 0.15) is 11.3 Å². The van der Waals surface area contributed by atoms with Gasteiger partial charge in [0.15, 0.2) is 11.5 Å². The topological polar surface area (TPSA) is 76.1 Å². The van der Waals surface area contributed by atoms with Crippen molar-refractivity contribution in [2.24, 2.45) is 0 Å². The summed E-state index contributed by atoms with van der Waals surface area (Å²) in [5.74, 6) is 1.19. The molecule has 0 saturated carbocycles. The first-order valence-electron chi connectivity index (χ1n) is 12.4. The third-order valence-electron chi connectivity index (χ3n) is 7.37. The Balaban J connectivity index is 1.31. The number of fused-ring (bicyclic) bond motifs is 2. The zero-order valence-electron chi connectivity index (χ0n) is 20.0. The van der Waals surface area contributed by atoms with Crippen molar-refractivity contribution in [3.8, 4) is 28.3 Å². The first-order valence-corrected chi connectivity index (χ1v) is 12.4. The zero-order chi connectivity index (χ0) is 24.1. The molecular formula is C29H27N7. The van der Waals surface area contributed by atoms with E-state index in [2.05, 4.69) is 55.7 Å². The average molecular weight is 474 g/mol. The van der Waals surface area contributed by atoms with E-state index in [4.69, 9.17) is 15.7 Å². The van der Waals surface area contributed by atoms with Crippen molar-refractivity contribution in [2.75, 3.05) is 25.5 Å². The van der Waals surface area contributed by atoms with Crippen molar-refractivity contribution < 1.29 is 0 Å². The van der Waals surface area contributed by atoms with Gasteiger partial charge in [0.2, 0.25) is 0 Å². The highest BCUT2D eigenvalue weighted by Crippen LogP contribution is 2.32. The van der Waals surface area contributed by atoms with Crippen molar-refractivity contribution in [3.05, 3.63) is 90.6 Å². The summed E-state index contributed by atoms with van der Waals surface area (Å²) in [6.45, 7) is 4.46. The molecule has 36 heavy (non-hydrogen) atoms. The highest BCUT2D eigenvalue weighted by atomic mass is 15.4. The second-order valence-corrected chi connectivity index (χ2v) is 9.69. The summed E-state index contributed by atoms with van der Waals surface area (Å²) < 4.78 is 2.10. The number of imidazole rings is 1. The van der Waals surface area contributed by atoms with Gasteiger partial charge in [0.05, 0.1) is 17.9 Å². The number of hydrogen-bond acceptors (Lipinski definition) is 6. The van der Waals surface area contributed by atoms with E-state index in [0.717, 1.165) is 58.8 Å². The van der Waals surface area contributed by atoms with Gasteiger partial charge in [-0.25, -0.2) is 15.0 Å². The third kappa shape index (κ3) is 3.64. The normalized spacial score (nSPS) is 17.8. The summed E-state index contributed by atoms with van der Waals surface area (Å²) in [7, 11) is 0. The molecule has 2 N–H and O–H groups in total. The second-order valence-electron chi connectivity index (χ2n) is 9.69. The molecule has 0 spiro atoms. The molecule has 2 aliphatic rings. The summed E-state index contributed by atoms with van der Waals surface area (Å²) in [6, 6.07) is 27.6. The van der Waals surface area contributed by atoms with Gasteiger partial charge in [-0.15, -0.1) is 0 Å². The molecule has 7 nitrogen and oxygen atoms in total. The van der Waals surface area contributed by atoms with Gasteiger partial charge in [0.25, 0.3) is 0 Å². The number of benzene rings is 2. The van der Waals surface area contributed by atoms with Crippen LogP contribution in [0.3, 0.4) is 0 Å². The minimum Gasteiger partial charge on any atom is -0.383 e. The summed E-state index contributed by atoms with van der Waals surface area (Å²) in [4.78, 5) is 19.4. The molecule has 2 aromatic carbocycles. The van der Waals surface area contributed by atoms with Crippen LogP contribution < -0.4 is 5.73 Å². The van der Waals surface area contributed by atoms with Gasteiger partial charge < -0.3 is 5.73 Å². The van der Waals surface area contributed by atoms with E-state index in [-0.39, 0.29) is 0 Å². The van der Waals surface area contributed by atoms with Crippen molar-refractivity contribution >= 4 is 17.0 Å². The number of nitrogens with zero attached hydrogens (tertiary/aromatic N) is 6. The quantitative estimate of drug-likeness (QED) is 0.403. The average Bonchev–Trinajstić information content (AvgIpc) is 3.42. The minimum absolute atomic E-state index is 0.452. The number of nitrogens with two attached hydrogens (primary N) is 1. The molecule has 0 aliphatic carbocycles. The molecule has 0 bridgehead atoms. The lowest BCUT2D eigenvalue weighted by atomic mass is 10.1. The number of aromatic nitrogens is 4. The van der Waals surface area contributed by atoms with Gasteiger partial charge in [-0.2, -0.15) is 0 Å². The summed E-state index contributed by atoms with van der Waals surface area (Å²) in [5, 5.41) is 0. The Labute approximate surface area is 209 Å². The highest BCUT2D eigenvalue weighted by molar-refractivity contribution is 5.84. The van der Waals surface area contributed by atoms with E-state index >= 15 is 0 Å². The Morgan fingerprint density at radius 3 is 2.47 bits per heavy atom. The maximum absolute atomic E-state index is 6.29. The Kier molecular flexibility index (Phi) is 5.04. The van der Waals surface area contributed by atoms with Crippen molar-refractivity contribution in [2.45, 2.75) is 19.0 Å². The van der Waals surface area contributed by atoms with Gasteiger partial charge in [0, 0.05) is 43.1 Å². The lowest BCUT2D eigenvalue weighted by Crippen LogP contribution is -2.43. The molecule has 5 aromatic rings. The first-order chi connectivity index (χ1) is 17.7. The second kappa shape index (κ2) is 8.55. The van der Waals surface area contributed by atoms with Crippen molar-refractivity contribution in [3.63, 3.8) is 0 Å². The predicted molar refractivity (Wildman–Crippen MR) is 142 cm³/mol. The summed E-state index contributed by atoms with van der Waals surface area (Å²) >= 11 is 0. The van der Waals surface area contributed by atoms with E-state index in [1.165, 1.54) is 25.1 Å². The zero-order valence-corrected chi connectivity index (χ0v) is 20.0. The Hall–Kier alpha value is -4.07. The molecule has 1 unspecified atom stereocenters. The minimum atomic E-state index is 0.452. The van der Waals surface area contributed by atoms with Crippen LogP contribution in [0.2, 0.25) is 0 Å². The largest absolute Gasteiger partial charge is 0.383 e. The molecule has 3 aromatic heterocycles. The SMILES string of the molecule is Nc1ncccc1-c1nc2ccc(-c3ccccc3)nc2n1-c1ccc(CN2CC3CCN3C2)cc1. The molecule has 5 heterocycles. The van der Waals surface area contributed by atoms with Crippen LogP contribution in [-0.4, -0.2) is 55.1 Å². The molecule has 178 valence electrons. The van der Waals surface area contributed by atoms with E-state index in [9.17, 15) is 0 Å². The maximum atomic E-state index is 6.29. The molecule has 2 fully saturated rings. The van der Waals surface area contributed by atoms with Gasteiger partial charge >= 0.3 is 0 Å². The van der Waals surface area contributed by atoms with Crippen LogP contribution in [0.25, 0.3) is 39.5 Å². The van der Waals surface area contributed by atoms with Crippen molar-refractivity contribution in [1.29, 1.82) is 0 Å². The number of nitrogen functional groups attached to an aromatic ring is 1. The molecule has 7 heteroatoms. The number of hydrogen-bond donors (Lipinski definition) is 1. The molecule has 7 rings (SSSR count). The number of anilines is 1. The molecule has 1 atom stereocenters. The fourth-order valence-corrected chi connectivity index (χ4v) is 5.38. The summed E-state index contributed by atoms with van der Waals surface area (Å²) in [6.07, 6.45) is 3.04. The summed E-state index contributed by atoms with van der Waals surface area (Å²) in [5.41, 5.74) is 13.0. The number of rotatable bonds is 5. The molecule has 2 aliphatic heterocycles. The lowest BCUT2D eigenvalue weighted by molar-refractivity contribution is 0.135. The molecule has 0 amide bonds. The standard InChI is InChI=1S/C29H27N7/c30-27-24(7-4-15-31-27)28-33-26-13-12-25(21-5-2-1-3-6-21)32-29(26)36(28)22-10-8-20(9-11-22)17-34-18-23-14-16-35(23)19-34/h1-13,15,23H,14,16-19H2,(H2,30,31). The fourth-order valence-electron chi connectivity index (χ4n) is 5.38. The molecule has 2 saturated heterocycles. The van der Waals surface area contributed by atoms with Crippen LogP contribution in [0.1, 0.15) is 12.0 Å². The van der Waals surface area contributed by atoms with E-state index < -0.39 is 0 Å². The van der Waals surface area contributed by atoms with Crippen LogP contribution in [-0.2, 0) is 6.54 Å². The third-order valence-corrected chi connectivity index (χ3v) is 7.37. The van der Waals surface area contributed by atoms with Crippen LogP contribution in [0, 0.1) is 0 Å². The predicted octanol–water partition coefficient (Wildman–Crippen LogP) is 4.58. The monoisotopic (exact) mass is 473 g/mol. The van der Waals surface area contributed by atoms with Crippen LogP contribution in [0.5, 0.6) is 0 Å². The Morgan fingerprint density at radius 1 is 0.889 bits per heavy atom. The van der Waals surface area contributed by atoms with E-state index in [1.54, 1.807) is 6.20 Å². The van der Waals surface area contributed by atoms with Gasteiger partial charge in [-0.05, 0) is 48.4 Å². The maximum Gasteiger partial charge on any atom is 0.165 e. The van der Waals surface area contributed by atoms with Crippen molar-refractivity contribution in [1.82, 2.24) is 29.3 Å². The fraction of sp³-hybridized carbons (Fsp3) is 0.207. The van der Waals surface area contributed by atoms with Crippen LogP contribution in [0.4, 0.5) is 5.82 Å².